The molecule has 0 saturated heterocycles. The number of benzene rings is 1. The Morgan fingerprint density at radius 2 is 1.92 bits per heavy atom. The Balaban J connectivity index is 2.45. The van der Waals surface area contributed by atoms with Gasteiger partial charge in [-0.25, -0.2) is 18.6 Å². The molecular formula is C17H11ClF2N2O3. The van der Waals surface area contributed by atoms with E-state index in [1.165, 1.54) is 18.2 Å². The molecule has 25 heavy (non-hydrogen) atoms. The number of carbonyl (C=O) groups excluding carboxylic acids is 1. The van der Waals surface area contributed by atoms with E-state index in [0.29, 0.717) is 0 Å². The largest absolute Gasteiger partial charge is 0.462 e. The van der Waals surface area contributed by atoms with Crippen molar-refractivity contribution in [3.05, 3.63) is 69.1 Å². The van der Waals surface area contributed by atoms with E-state index in [1.807, 2.05) is 0 Å². The lowest BCUT2D eigenvalue weighted by Crippen LogP contribution is -2.21. The van der Waals surface area contributed by atoms with Crippen LogP contribution in [0.2, 0.25) is 5.15 Å². The van der Waals surface area contributed by atoms with Gasteiger partial charge in [0.25, 0.3) is 0 Å². The number of aromatic nitrogens is 2. The SMILES string of the molecule is CCOC(=O)c1cn(-c2c(F)cccc2F)c2nc(Cl)ccc2c1=O. The number of fused-ring (bicyclic) bond motifs is 1. The van der Waals surface area contributed by atoms with Gasteiger partial charge in [0.1, 0.15) is 33.7 Å². The highest BCUT2D eigenvalue weighted by Gasteiger charge is 2.21. The van der Waals surface area contributed by atoms with Gasteiger partial charge in [0.15, 0.2) is 0 Å². The molecule has 128 valence electrons. The molecule has 2 aromatic heterocycles. The van der Waals surface area contributed by atoms with Crippen LogP contribution in [0, 0.1) is 11.6 Å². The van der Waals surface area contributed by atoms with Crippen molar-refractivity contribution in [2.45, 2.75) is 6.92 Å². The highest BCUT2D eigenvalue weighted by molar-refractivity contribution is 6.29. The lowest BCUT2D eigenvalue weighted by atomic mass is 10.1. The van der Waals surface area contributed by atoms with Gasteiger partial charge in [-0.2, -0.15) is 0 Å². The van der Waals surface area contributed by atoms with Crippen LogP contribution in [0.25, 0.3) is 16.7 Å². The second-order valence-corrected chi connectivity index (χ2v) is 5.43. The standard InChI is InChI=1S/C17H11ClF2N2O3/c1-2-25-17(24)10-8-22(14-11(19)4-3-5-12(14)20)16-9(15(10)23)6-7-13(18)21-16/h3-8H,2H2,1H3. The zero-order chi connectivity index (χ0) is 18.1. The molecule has 3 aromatic rings. The van der Waals surface area contributed by atoms with Gasteiger partial charge < -0.3 is 4.74 Å². The molecule has 5 nitrogen and oxygen atoms in total. The third-order valence-electron chi connectivity index (χ3n) is 3.49. The summed E-state index contributed by atoms with van der Waals surface area (Å²) in [6.07, 6.45) is 1.01. The van der Waals surface area contributed by atoms with Gasteiger partial charge >= 0.3 is 5.97 Å². The first-order valence-electron chi connectivity index (χ1n) is 7.27. The number of pyridine rings is 2. The smallest absolute Gasteiger partial charge is 0.343 e. The fourth-order valence-electron chi connectivity index (χ4n) is 2.42. The van der Waals surface area contributed by atoms with Crippen LogP contribution in [0.1, 0.15) is 17.3 Å². The maximum absolute atomic E-state index is 14.2. The average molecular weight is 365 g/mol. The van der Waals surface area contributed by atoms with Crippen molar-refractivity contribution in [3.63, 3.8) is 0 Å². The first kappa shape index (κ1) is 17.0. The van der Waals surface area contributed by atoms with Gasteiger partial charge in [0.05, 0.1) is 12.0 Å². The molecule has 0 unspecified atom stereocenters. The number of nitrogens with zero attached hydrogens (tertiary/aromatic N) is 2. The van der Waals surface area contributed by atoms with E-state index in [2.05, 4.69) is 4.98 Å². The highest BCUT2D eigenvalue weighted by atomic mass is 35.5. The summed E-state index contributed by atoms with van der Waals surface area (Å²) in [7, 11) is 0. The van der Waals surface area contributed by atoms with Gasteiger partial charge in [-0.1, -0.05) is 17.7 Å². The Labute approximate surface area is 145 Å². The van der Waals surface area contributed by atoms with Crippen molar-refractivity contribution in [2.75, 3.05) is 6.61 Å². The zero-order valence-electron chi connectivity index (χ0n) is 12.9. The monoisotopic (exact) mass is 364 g/mol. The van der Waals surface area contributed by atoms with Gasteiger partial charge in [-0.05, 0) is 31.2 Å². The second-order valence-electron chi connectivity index (χ2n) is 5.04. The predicted molar refractivity (Wildman–Crippen MR) is 88.2 cm³/mol. The minimum atomic E-state index is -0.894. The lowest BCUT2D eigenvalue weighted by Gasteiger charge is -2.14. The Bertz CT molecular complexity index is 1030. The molecule has 0 radical (unpaired) electrons. The van der Waals surface area contributed by atoms with Crippen LogP contribution >= 0.6 is 11.6 Å². The Kier molecular flexibility index (Phi) is 4.50. The van der Waals surface area contributed by atoms with Crippen LogP contribution in [0.3, 0.4) is 0 Å². The van der Waals surface area contributed by atoms with Crippen LogP contribution < -0.4 is 5.43 Å². The maximum atomic E-state index is 14.2. The van der Waals surface area contributed by atoms with Gasteiger partial charge in [0, 0.05) is 6.20 Å². The van der Waals surface area contributed by atoms with Crippen LogP contribution in [0.4, 0.5) is 8.78 Å². The van der Waals surface area contributed by atoms with E-state index in [4.69, 9.17) is 16.3 Å². The number of halogens is 3. The summed E-state index contributed by atoms with van der Waals surface area (Å²) in [5.74, 6) is -2.67. The number of esters is 1. The fourth-order valence-corrected chi connectivity index (χ4v) is 2.57. The van der Waals surface area contributed by atoms with E-state index in [1.54, 1.807) is 6.92 Å². The summed E-state index contributed by atoms with van der Waals surface area (Å²) in [4.78, 5) is 28.6. The summed E-state index contributed by atoms with van der Waals surface area (Å²) in [6, 6.07) is 5.99. The predicted octanol–water partition coefficient (Wildman–Crippen LogP) is 3.49. The van der Waals surface area contributed by atoms with Crippen LogP contribution in [0.5, 0.6) is 0 Å². The molecule has 0 aliphatic carbocycles. The van der Waals surface area contributed by atoms with Crippen molar-refractivity contribution in [2.24, 2.45) is 0 Å². The average Bonchev–Trinajstić information content (AvgIpc) is 2.56. The molecule has 3 rings (SSSR count). The molecule has 8 heteroatoms. The number of carbonyl (C=O) groups is 1. The topological polar surface area (TPSA) is 61.2 Å². The Hall–Kier alpha value is -2.80. The van der Waals surface area contributed by atoms with E-state index in [0.717, 1.165) is 22.9 Å². The van der Waals surface area contributed by atoms with Crippen molar-refractivity contribution in [1.82, 2.24) is 9.55 Å². The second kappa shape index (κ2) is 6.60. The molecule has 0 aliphatic rings. The molecule has 0 saturated carbocycles. The third-order valence-corrected chi connectivity index (χ3v) is 3.70. The zero-order valence-corrected chi connectivity index (χ0v) is 13.7. The highest BCUT2D eigenvalue weighted by Crippen LogP contribution is 2.23. The summed E-state index contributed by atoms with van der Waals surface area (Å²) in [5, 5.41) is 0.0129. The quantitative estimate of drug-likeness (QED) is 0.527. The van der Waals surface area contributed by atoms with Crippen molar-refractivity contribution < 1.29 is 18.3 Å². The number of hydrogen-bond acceptors (Lipinski definition) is 4. The molecule has 0 amide bonds. The number of hydrogen-bond donors (Lipinski definition) is 0. The minimum Gasteiger partial charge on any atom is -0.462 e. The minimum absolute atomic E-state index is 0.0161. The third kappa shape index (κ3) is 2.98. The van der Waals surface area contributed by atoms with E-state index in [-0.39, 0.29) is 28.4 Å². The summed E-state index contributed by atoms with van der Waals surface area (Å²) in [6.45, 7) is 1.62. The van der Waals surface area contributed by atoms with Crippen molar-refractivity contribution >= 4 is 28.6 Å². The molecule has 0 bridgehead atoms. The number of para-hydroxylation sites is 1. The van der Waals surface area contributed by atoms with Gasteiger partial charge in [-0.3, -0.25) is 9.36 Å². The molecular weight excluding hydrogens is 354 g/mol. The number of ether oxygens (including phenoxy) is 1. The van der Waals surface area contributed by atoms with Crippen LogP contribution in [-0.2, 0) is 4.74 Å². The van der Waals surface area contributed by atoms with Gasteiger partial charge in [-0.15, -0.1) is 0 Å². The van der Waals surface area contributed by atoms with Gasteiger partial charge in [0.2, 0.25) is 5.43 Å². The van der Waals surface area contributed by atoms with Crippen LogP contribution in [0.15, 0.2) is 41.3 Å². The van der Waals surface area contributed by atoms with Crippen LogP contribution in [-0.4, -0.2) is 22.1 Å². The Morgan fingerprint density at radius 3 is 2.56 bits per heavy atom. The molecule has 0 aliphatic heterocycles. The van der Waals surface area contributed by atoms with E-state index < -0.39 is 28.7 Å². The normalized spacial score (nSPS) is 10.9. The summed E-state index contributed by atoms with van der Waals surface area (Å²) < 4.78 is 34.3. The lowest BCUT2D eigenvalue weighted by molar-refractivity contribution is 0.0524. The first-order chi connectivity index (χ1) is 11.9. The molecule has 0 fully saturated rings. The molecule has 0 atom stereocenters. The molecule has 0 spiro atoms. The van der Waals surface area contributed by atoms with Crippen molar-refractivity contribution in [3.8, 4) is 5.69 Å². The molecule has 2 heterocycles. The van der Waals surface area contributed by atoms with E-state index in [9.17, 15) is 18.4 Å². The first-order valence-corrected chi connectivity index (χ1v) is 7.65. The van der Waals surface area contributed by atoms with E-state index >= 15 is 0 Å². The summed E-state index contributed by atoms with van der Waals surface area (Å²) in [5.41, 5.74) is -1.57. The fraction of sp³-hybridized carbons (Fsp3) is 0.118. The maximum Gasteiger partial charge on any atom is 0.343 e. The Morgan fingerprint density at radius 1 is 1.24 bits per heavy atom. The molecule has 0 N–H and O–H groups in total. The van der Waals surface area contributed by atoms with Crippen molar-refractivity contribution in [1.29, 1.82) is 0 Å². The number of rotatable bonds is 3. The molecule has 1 aromatic carbocycles. The summed E-state index contributed by atoms with van der Waals surface area (Å²) >= 11 is 5.86.